The topological polar surface area (TPSA) is 12.0 Å². The molecule has 21 heavy (non-hydrogen) atoms. The van der Waals surface area contributed by atoms with E-state index in [9.17, 15) is 0 Å². The largest absolute Gasteiger partial charge is 0.378 e. The van der Waals surface area contributed by atoms with Gasteiger partial charge in [-0.05, 0) is 36.1 Å². The van der Waals surface area contributed by atoms with Gasteiger partial charge in [0.15, 0.2) is 0 Å². The van der Waals surface area contributed by atoms with Crippen LogP contribution in [0.5, 0.6) is 0 Å². The lowest BCUT2D eigenvalue weighted by Crippen LogP contribution is -2.29. The van der Waals surface area contributed by atoms with Gasteiger partial charge < -0.3 is 5.32 Å². The number of anilines is 1. The van der Waals surface area contributed by atoms with E-state index in [2.05, 4.69) is 41.7 Å². The molecule has 1 heterocycles. The number of benzene rings is 2. The van der Waals surface area contributed by atoms with Crippen molar-refractivity contribution in [3.05, 3.63) is 75.8 Å². The van der Waals surface area contributed by atoms with E-state index in [1.165, 1.54) is 11.3 Å². The second-order valence-corrected chi connectivity index (χ2v) is 6.51. The van der Waals surface area contributed by atoms with E-state index >= 15 is 0 Å². The van der Waals surface area contributed by atoms with E-state index in [4.69, 9.17) is 23.2 Å². The molecule has 1 N–H and O–H groups in total. The highest BCUT2D eigenvalue weighted by molar-refractivity contribution is 6.36. The number of hydrogen-bond acceptors (Lipinski definition) is 1. The van der Waals surface area contributed by atoms with Crippen LogP contribution < -0.4 is 5.32 Å². The fraction of sp³-hybridized carbons (Fsp3) is 0.222. The molecular weight excluding hydrogens is 301 g/mol. The molecule has 1 nitrogen and oxygen atoms in total. The van der Waals surface area contributed by atoms with Gasteiger partial charge in [-0.25, -0.2) is 0 Å². The number of allylic oxidation sites excluding steroid dienone is 2. The number of rotatable bonds is 1. The Labute approximate surface area is 134 Å². The Morgan fingerprint density at radius 3 is 2.52 bits per heavy atom. The summed E-state index contributed by atoms with van der Waals surface area (Å²) >= 11 is 12.9. The fourth-order valence-electron chi connectivity index (χ4n) is 3.64. The van der Waals surface area contributed by atoms with Crippen LogP contribution in [0.25, 0.3) is 0 Å². The molecule has 4 rings (SSSR count). The van der Waals surface area contributed by atoms with E-state index < -0.39 is 0 Å². The van der Waals surface area contributed by atoms with Crippen LogP contribution in [0.15, 0.2) is 54.6 Å². The molecule has 0 amide bonds. The fourth-order valence-corrected chi connectivity index (χ4v) is 4.27. The summed E-state index contributed by atoms with van der Waals surface area (Å²) in [7, 11) is 0. The summed E-state index contributed by atoms with van der Waals surface area (Å²) in [6, 6.07) is 14.4. The molecular formula is C18H15Cl2N. The highest BCUT2D eigenvalue weighted by atomic mass is 35.5. The minimum Gasteiger partial charge on any atom is -0.378 e. The Kier molecular flexibility index (Phi) is 3.20. The molecule has 2 aliphatic rings. The SMILES string of the molecule is Clc1cccc(Cl)c1C1Nc2ccccc2C2C=CCC21. The molecule has 0 fully saturated rings. The van der Waals surface area contributed by atoms with Gasteiger partial charge in [0.25, 0.3) is 0 Å². The normalized spacial score (nSPS) is 26.1. The summed E-state index contributed by atoms with van der Waals surface area (Å²) < 4.78 is 0. The smallest absolute Gasteiger partial charge is 0.0583 e. The summed E-state index contributed by atoms with van der Waals surface area (Å²) in [5.74, 6) is 0.914. The zero-order chi connectivity index (χ0) is 14.4. The van der Waals surface area contributed by atoms with Gasteiger partial charge in [-0.1, -0.05) is 59.6 Å². The van der Waals surface area contributed by atoms with Crippen LogP contribution in [0, 0.1) is 5.92 Å². The quantitative estimate of drug-likeness (QED) is 0.654. The molecule has 2 aromatic carbocycles. The summed E-state index contributed by atoms with van der Waals surface area (Å²) in [5.41, 5.74) is 3.58. The van der Waals surface area contributed by atoms with Crippen molar-refractivity contribution in [2.75, 3.05) is 5.32 Å². The number of halogens is 2. The van der Waals surface area contributed by atoms with Crippen LogP contribution in [0.1, 0.15) is 29.5 Å². The molecule has 3 unspecified atom stereocenters. The third-order valence-corrected chi connectivity index (χ3v) is 5.24. The Bertz CT molecular complexity index is 703. The molecule has 3 atom stereocenters. The van der Waals surface area contributed by atoms with Crippen LogP contribution in [0.3, 0.4) is 0 Å². The predicted molar refractivity (Wildman–Crippen MR) is 89.3 cm³/mol. The van der Waals surface area contributed by atoms with Gasteiger partial charge in [0.2, 0.25) is 0 Å². The monoisotopic (exact) mass is 315 g/mol. The second kappa shape index (κ2) is 5.08. The number of para-hydroxylation sites is 1. The van der Waals surface area contributed by atoms with Crippen molar-refractivity contribution >= 4 is 28.9 Å². The Morgan fingerprint density at radius 2 is 1.71 bits per heavy atom. The van der Waals surface area contributed by atoms with Gasteiger partial charge in [-0.15, -0.1) is 0 Å². The lowest BCUT2D eigenvalue weighted by Gasteiger charge is -2.38. The van der Waals surface area contributed by atoms with E-state index in [0.29, 0.717) is 11.8 Å². The molecule has 0 aromatic heterocycles. The third kappa shape index (κ3) is 2.07. The van der Waals surface area contributed by atoms with E-state index in [1.54, 1.807) is 0 Å². The number of hydrogen-bond donors (Lipinski definition) is 1. The van der Waals surface area contributed by atoms with Crippen LogP contribution >= 0.6 is 23.2 Å². The summed E-state index contributed by atoms with van der Waals surface area (Å²) in [4.78, 5) is 0. The second-order valence-electron chi connectivity index (χ2n) is 5.70. The summed E-state index contributed by atoms with van der Waals surface area (Å²) in [6.07, 6.45) is 5.65. The first-order chi connectivity index (χ1) is 10.3. The van der Waals surface area contributed by atoms with E-state index in [-0.39, 0.29) is 6.04 Å². The minimum absolute atomic E-state index is 0.154. The van der Waals surface area contributed by atoms with Crippen LogP contribution in [0.2, 0.25) is 10.0 Å². The summed E-state index contributed by atoms with van der Waals surface area (Å²) in [6.45, 7) is 0. The number of nitrogens with one attached hydrogen (secondary N) is 1. The first-order valence-corrected chi connectivity index (χ1v) is 7.97. The van der Waals surface area contributed by atoms with Gasteiger partial charge in [0.05, 0.1) is 6.04 Å². The van der Waals surface area contributed by atoms with Crippen molar-refractivity contribution in [2.24, 2.45) is 5.92 Å². The van der Waals surface area contributed by atoms with Gasteiger partial charge in [-0.2, -0.15) is 0 Å². The molecule has 0 bridgehead atoms. The van der Waals surface area contributed by atoms with Crippen molar-refractivity contribution in [1.82, 2.24) is 0 Å². The predicted octanol–water partition coefficient (Wildman–Crippen LogP) is 5.82. The molecule has 0 saturated carbocycles. The molecule has 2 aromatic rings. The van der Waals surface area contributed by atoms with Crippen molar-refractivity contribution < 1.29 is 0 Å². The molecule has 3 heteroatoms. The average Bonchev–Trinajstić information content (AvgIpc) is 2.97. The first kappa shape index (κ1) is 13.2. The molecule has 1 aliphatic carbocycles. The highest BCUT2D eigenvalue weighted by Gasteiger charge is 2.39. The van der Waals surface area contributed by atoms with Crippen molar-refractivity contribution in [1.29, 1.82) is 0 Å². The van der Waals surface area contributed by atoms with Crippen LogP contribution in [0.4, 0.5) is 5.69 Å². The van der Waals surface area contributed by atoms with Gasteiger partial charge >= 0.3 is 0 Å². The minimum atomic E-state index is 0.154. The van der Waals surface area contributed by atoms with Crippen molar-refractivity contribution in [2.45, 2.75) is 18.4 Å². The highest BCUT2D eigenvalue weighted by Crippen LogP contribution is 2.51. The van der Waals surface area contributed by atoms with Crippen LogP contribution in [-0.4, -0.2) is 0 Å². The van der Waals surface area contributed by atoms with Gasteiger partial charge in [-0.3, -0.25) is 0 Å². The Balaban J connectivity index is 1.85. The lowest BCUT2D eigenvalue weighted by molar-refractivity contribution is 0.426. The lowest BCUT2D eigenvalue weighted by atomic mass is 9.77. The van der Waals surface area contributed by atoms with Crippen molar-refractivity contribution in [3.63, 3.8) is 0 Å². The number of fused-ring (bicyclic) bond motifs is 3. The average molecular weight is 316 g/mol. The van der Waals surface area contributed by atoms with Crippen molar-refractivity contribution in [3.8, 4) is 0 Å². The van der Waals surface area contributed by atoms with Gasteiger partial charge in [0.1, 0.15) is 0 Å². The maximum absolute atomic E-state index is 6.44. The summed E-state index contributed by atoms with van der Waals surface area (Å²) in [5, 5.41) is 5.14. The maximum atomic E-state index is 6.44. The van der Waals surface area contributed by atoms with E-state index in [1.807, 2.05) is 18.2 Å². The Hall–Kier alpha value is -1.44. The Morgan fingerprint density at radius 1 is 0.952 bits per heavy atom. The van der Waals surface area contributed by atoms with Crippen LogP contribution in [-0.2, 0) is 0 Å². The molecule has 0 spiro atoms. The first-order valence-electron chi connectivity index (χ1n) is 7.22. The van der Waals surface area contributed by atoms with E-state index in [0.717, 1.165) is 22.0 Å². The standard InChI is InChI=1S/C18H15Cl2N/c19-14-8-4-9-15(20)17(14)18-13-7-3-6-11(13)12-5-1-2-10-16(12)21-18/h1-6,8-11,13,18,21H,7H2. The van der Waals surface area contributed by atoms with Gasteiger partial charge in [0, 0.05) is 27.2 Å². The molecule has 0 saturated heterocycles. The maximum Gasteiger partial charge on any atom is 0.0583 e. The molecule has 0 radical (unpaired) electrons. The zero-order valence-electron chi connectivity index (χ0n) is 11.4. The zero-order valence-corrected chi connectivity index (χ0v) is 12.9. The molecule has 106 valence electrons. The molecule has 1 aliphatic heterocycles. The third-order valence-electron chi connectivity index (χ3n) is 4.58.